The van der Waals surface area contributed by atoms with E-state index in [9.17, 15) is 0 Å². The largest absolute Gasteiger partial charge is 0.380 e. The van der Waals surface area contributed by atoms with Crippen molar-refractivity contribution < 1.29 is 9.47 Å². The fourth-order valence-corrected chi connectivity index (χ4v) is 2.59. The standard InChI is InChI=1S/C16H25O2/c1-2-8-16(9-3-1,12-17-10-14-4-5-14)13-18-11-15-6-7-15/h2,14-15H,3-13H2. The van der Waals surface area contributed by atoms with Crippen LogP contribution < -0.4 is 0 Å². The van der Waals surface area contributed by atoms with Crippen LogP contribution in [0.3, 0.4) is 0 Å². The third kappa shape index (κ3) is 3.83. The van der Waals surface area contributed by atoms with Crippen LogP contribution in [0, 0.1) is 23.3 Å². The molecule has 0 unspecified atom stereocenters. The molecule has 2 saturated carbocycles. The van der Waals surface area contributed by atoms with Crippen LogP contribution in [-0.2, 0) is 9.47 Å². The van der Waals surface area contributed by atoms with Crippen LogP contribution in [0.2, 0.25) is 0 Å². The Bertz CT molecular complexity index is 271. The molecule has 18 heavy (non-hydrogen) atoms. The minimum Gasteiger partial charge on any atom is -0.380 e. The van der Waals surface area contributed by atoms with E-state index in [2.05, 4.69) is 12.2 Å². The van der Waals surface area contributed by atoms with Gasteiger partial charge in [0.1, 0.15) is 0 Å². The van der Waals surface area contributed by atoms with Crippen molar-refractivity contribution in [1.29, 1.82) is 0 Å². The summed E-state index contributed by atoms with van der Waals surface area (Å²) in [6, 6.07) is 0. The van der Waals surface area contributed by atoms with Crippen molar-refractivity contribution >= 4 is 0 Å². The Balaban J connectivity index is 1.43. The van der Waals surface area contributed by atoms with Crippen molar-refractivity contribution in [1.82, 2.24) is 0 Å². The van der Waals surface area contributed by atoms with Crippen LogP contribution in [0.25, 0.3) is 0 Å². The molecule has 0 spiro atoms. The highest BCUT2D eigenvalue weighted by Gasteiger charge is 2.33. The first-order chi connectivity index (χ1) is 8.86. The summed E-state index contributed by atoms with van der Waals surface area (Å²) >= 11 is 0. The zero-order chi connectivity index (χ0) is 12.3. The molecule has 0 bridgehead atoms. The molecule has 0 aromatic heterocycles. The first-order valence-corrected chi connectivity index (χ1v) is 7.57. The van der Waals surface area contributed by atoms with Gasteiger partial charge < -0.3 is 9.47 Å². The summed E-state index contributed by atoms with van der Waals surface area (Å²) in [5.74, 6) is 1.72. The molecule has 1 radical (unpaired) electrons. The molecule has 3 aliphatic rings. The van der Waals surface area contributed by atoms with Gasteiger partial charge in [0, 0.05) is 18.6 Å². The highest BCUT2D eigenvalue weighted by molar-refractivity contribution is 4.94. The SMILES string of the molecule is [C]1=CCC(COCC2CC2)(COCC2CC2)CC1. The first-order valence-electron chi connectivity index (χ1n) is 7.57. The predicted octanol–water partition coefficient (Wildman–Crippen LogP) is 3.37. The molecule has 3 rings (SSSR count). The van der Waals surface area contributed by atoms with Crippen molar-refractivity contribution in [3.63, 3.8) is 0 Å². The summed E-state index contributed by atoms with van der Waals surface area (Å²) in [7, 11) is 0. The molecule has 0 heterocycles. The van der Waals surface area contributed by atoms with Gasteiger partial charge in [-0.05, 0) is 62.9 Å². The molecule has 0 atom stereocenters. The van der Waals surface area contributed by atoms with Crippen LogP contribution in [0.4, 0.5) is 0 Å². The van der Waals surface area contributed by atoms with Crippen molar-refractivity contribution in [2.45, 2.75) is 44.9 Å². The van der Waals surface area contributed by atoms with E-state index in [1.165, 1.54) is 32.1 Å². The first kappa shape index (κ1) is 12.7. The highest BCUT2D eigenvalue weighted by atomic mass is 16.5. The highest BCUT2D eigenvalue weighted by Crippen LogP contribution is 2.36. The minimum atomic E-state index is 0.245. The van der Waals surface area contributed by atoms with Gasteiger partial charge in [0.2, 0.25) is 0 Å². The molecule has 2 fully saturated rings. The molecule has 0 saturated heterocycles. The Hall–Kier alpha value is -0.340. The fourth-order valence-electron chi connectivity index (χ4n) is 2.59. The number of hydrogen-bond acceptors (Lipinski definition) is 2. The van der Waals surface area contributed by atoms with Gasteiger partial charge in [-0.3, -0.25) is 0 Å². The van der Waals surface area contributed by atoms with E-state index in [0.717, 1.165) is 51.1 Å². The summed E-state index contributed by atoms with van der Waals surface area (Å²) in [4.78, 5) is 0. The minimum absolute atomic E-state index is 0.245. The van der Waals surface area contributed by atoms with Gasteiger partial charge in [-0.25, -0.2) is 0 Å². The number of hydrogen-bond donors (Lipinski definition) is 0. The summed E-state index contributed by atoms with van der Waals surface area (Å²) in [5.41, 5.74) is 0.245. The van der Waals surface area contributed by atoms with E-state index < -0.39 is 0 Å². The molecule has 3 aliphatic carbocycles. The van der Waals surface area contributed by atoms with E-state index in [1.807, 2.05) is 0 Å². The van der Waals surface area contributed by atoms with E-state index in [0.29, 0.717) is 0 Å². The number of rotatable bonds is 8. The van der Waals surface area contributed by atoms with Crippen LogP contribution in [0.1, 0.15) is 44.9 Å². The third-order valence-electron chi connectivity index (χ3n) is 4.40. The second-order valence-electron chi connectivity index (χ2n) is 6.53. The summed E-state index contributed by atoms with van der Waals surface area (Å²) in [6.45, 7) is 3.70. The fraction of sp³-hybridized carbons (Fsp3) is 0.875. The smallest absolute Gasteiger partial charge is 0.0547 e. The lowest BCUT2D eigenvalue weighted by Crippen LogP contribution is -2.34. The molecular weight excluding hydrogens is 224 g/mol. The summed E-state index contributed by atoms with van der Waals surface area (Å²) in [6.07, 6.45) is 14.4. The van der Waals surface area contributed by atoms with Gasteiger partial charge in [0.05, 0.1) is 13.2 Å². The lowest BCUT2D eigenvalue weighted by atomic mass is 9.78. The quantitative estimate of drug-likeness (QED) is 0.656. The van der Waals surface area contributed by atoms with Crippen LogP contribution in [0.15, 0.2) is 6.08 Å². The Morgan fingerprint density at radius 2 is 1.61 bits per heavy atom. The molecular formula is C16H25O2. The third-order valence-corrected chi connectivity index (χ3v) is 4.40. The predicted molar refractivity (Wildman–Crippen MR) is 71.2 cm³/mol. The maximum absolute atomic E-state index is 5.95. The second kappa shape index (κ2) is 5.75. The van der Waals surface area contributed by atoms with E-state index >= 15 is 0 Å². The van der Waals surface area contributed by atoms with E-state index in [4.69, 9.17) is 9.47 Å². The molecule has 0 amide bonds. The van der Waals surface area contributed by atoms with Crippen LogP contribution in [0.5, 0.6) is 0 Å². The number of ether oxygens (including phenoxy) is 2. The average molecular weight is 249 g/mol. The molecule has 0 N–H and O–H groups in total. The second-order valence-corrected chi connectivity index (χ2v) is 6.53. The average Bonchev–Trinajstić information content (AvgIpc) is 3.25. The Morgan fingerprint density at radius 1 is 1.00 bits per heavy atom. The Kier molecular flexibility index (Phi) is 4.05. The van der Waals surface area contributed by atoms with E-state index in [-0.39, 0.29) is 5.41 Å². The maximum atomic E-state index is 5.95. The zero-order valence-electron chi connectivity index (χ0n) is 11.3. The van der Waals surface area contributed by atoms with Gasteiger partial charge in [-0.15, -0.1) is 0 Å². The Morgan fingerprint density at radius 3 is 2.06 bits per heavy atom. The molecule has 2 nitrogen and oxygen atoms in total. The zero-order valence-corrected chi connectivity index (χ0v) is 11.3. The molecule has 0 aromatic carbocycles. The normalized spacial score (nSPS) is 26.4. The molecule has 0 aromatic rings. The van der Waals surface area contributed by atoms with Crippen molar-refractivity contribution in [3.05, 3.63) is 12.2 Å². The van der Waals surface area contributed by atoms with Crippen molar-refractivity contribution in [2.24, 2.45) is 17.3 Å². The molecule has 101 valence electrons. The summed E-state index contributed by atoms with van der Waals surface area (Å²) in [5, 5.41) is 0. The monoisotopic (exact) mass is 249 g/mol. The van der Waals surface area contributed by atoms with Crippen molar-refractivity contribution in [3.8, 4) is 0 Å². The van der Waals surface area contributed by atoms with Gasteiger partial charge in [-0.2, -0.15) is 0 Å². The lowest BCUT2D eigenvalue weighted by molar-refractivity contribution is -0.0328. The Labute approximate surface area is 111 Å². The van der Waals surface area contributed by atoms with E-state index in [1.54, 1.807) is 0 Å². The van der Waals surface area contributed by atoms with Gasteiger partial charge >= 0.3 is 0 Å². The van der Waals surface area contributed by atoms with Crippen LogP contribution in [-0.4, -0.2) is 26.4 Å². The van der Waals surface area contributed by atoms with Crippen molar-refractivity contribution in [2.75, 3.05) is 26.4 Å². The van der Waals surface area contributed by atoms with Gasteiger partial charge in [0.15, 0.2) is 0 Å². The van der Waals surface area contributed by atoms with Gasteiger partial charge in [-0.1, -0.05) is 6.08 Å². The topological polar surface area (TPSA) is 18.5 Å². The summed E-state index contributed by atoms with van der Waals surface area (Å²) < 4.78 is 11.9. The van der Waals surface area contributed by atoms with Gasteiger partial charge in [0.25, 0.3) is 0 Å². The molecule has 2 heteroatoms. The van der Waals surface area contributed by atoms with Crippen LogP contribution >= 0.6 is 0 Å². The molecule has 0 aliphatic heterocycles. The number of allylic oxidation sites excluding steroid dienone is 2. The maximum Gasteiger partial charge on any atom is 0.0547 e. The lowest BCUT2D eigenvalue weighted by Gasteiger charge is -2.34.